The molecule has 1 fully saturated rings. The van der Waals surface area contributed by atoms with E-state index in [9.17, 15) is 4.79 Å². The lowest BCUT2D eigenvalue weighted by molar-refractivity contribution is 0.394. The van der Waals surface area contributed by atoms with Crippen molar-refractivity contribution < 1.29 is 0 Å². The number of nitrogens with zero attached hydrogens (tertiary/aromatic N) is 1. The molecule has 1 aliphatic rings. The van der Waals surface area contributed by atoms with Crippen molar-refractivity contribution >= 4 is 11.8 Å². The van der Waals surface area contributed by atoms with E-state index in [2.05, 4.69) is 15.3 Å². The summed E-state index contributed by atoms with van der Waals surface area (Å²) in [5.74, 6) is 1.00. The molecule has 1 aromatic heterocycles. The SMILES string of the molecule is O=c1ccnc(SCCC2CCCCN2)[nH]1. The van der Waals surface area contributed by atoms with E-state index >= 15 is 0 Å². The van der Waals surface area contributed by atoms with Gasteiger partial charge in [0.15, 0.2) is 5.16 Å². The molecule has 0 bridgehead atoms. The summed E-state index contributed by atoms with van der Waals surface area (Å²) in [6, 6.07) is 2.09. The number of hydrogen-bond donors (Lipinski definition) is 2. The van der Waals surface area contributed by atoms with E-state index in [1.54, 1.807) is 18.0 Å². The van der Waals surface area contributed by atoms with Crippen LogP contribution in [0.4, 0.5) is 0 Å². The highest BCUT2D eigenvalue weighted by Gasteiger charge is 2.11. The van der Waals surface area contributed by atoms with Crippen molar-refractivity contribution in [2.24, 2.45) is 0 Å². The summed E-state index contributed by atoms with van der Waals surface area (Å²) in [7, 11) is 0. The Hall–Kier alpha value is -0.810. The van der Waals surface area contributed by atoms with Crippen LogP contribution in [-0.4, -0.2) is 28.3 Å². The highest BCUT2D eigenvalue weighted by atomic mass is 32.2. The van der Waals surface area contributed by atoms with Crippen LogP contribution in [0.1, 0.15) is 25.7 Å². The molecule has 16 heavy (non-hydrogen) atoms. The first-order valence-corrected chi connectivity index (χ1v) is 6.75. The Morgan fingerprint density at radius 2 is 2.44 bits per heavy atom. The predicted molar refractivity (Wildman–Crippen MR) is 65.8 cm³/mol. The Morgan fingerprint density at radius 3 is 3.19 bits per heavy atom. The minimum Gasteiger partial charge on any atom is -0.314 e. The van der Waals surface area contributed by atoms with Gasteiger partial charge in [0.1, 0.15) is 0 Å². The highest BCUT2D eigenvalue weighted by molar-refractivity contribution is 7.99. The van der Waals surface area contributed by atoms with Gasteiger partial charge in [-0.25, -0.2) is 4.98 Å². The average Bonchev–Trinajstić information content (AvgIpc) is 2.30. The zero-order valence-corrected chi connectivity index (χ0v) is 10.1. The molecule has 5 heteroatoms. The summed E-state index contributed by atoms with van der Waals surface area (Å²) >= 11 is 1.62. The first kappa shape index (κ1) is 11.7. The molecule has 0 radical (unpaired) electrons. The van der Waals surface area contributed by atoms with Gasteiger partial charge in [0.2, 0.25) is 0 Å². The number of rotatable bonds is 4. The number of nitrogens with one attached hydrogen (secondary N) is 2. The van der Waals surface area contributed by atoms with Crippen LogP contribution in [0.15, 0.2) is 22.2 Å². The zero-order chi connectivity index (χ0) is 11.2. The van der Waals surface area contributed by atoms with Gasteiger partial charge < -0.3 is 10.3 Å². The Bertz CT molecular complexity index is 373. The molecule has 1 aliphatic heterocycles. The van der Waals surface area contributed by atoms with Gasteiger partial charge >= 0.3 is 0 Å². The molecule has 2 heterocycles. The first-order valence-electron chi connectivity index (χ1n) is 5.76. The molecule has 1 aromatic rings. The van der Waals surface area contributed by atoms with Crippen LogP contribution in [0, 0.1) is 0 Å². The van der Waals surface area contributed by atoms with Crippen LogP contribution in [0.25, 0.3) is 0 Å². The number of H-pyrrole nitrogens is 1. The molecule has 0 spiro atoms. The van der Waals surface area contributed by atoms with Gasteiger partial charge in [-0.3, -0.25) is 4.79 Å². The quantitative estimate of drug-likeness (QED) is 0.616. The van der Waals surface area contributed by atoms with E-state index in [0.717, 1.165) is 23.9 Å². The fourth-order valence-corrected chi connectivity index (χ4v) is 2.80. The van der Waals surface area contributed by atoms with Crippen molar-refractivity contribution in [1.82, 2.24) is 15.3 Å². The standard InChI is InChI=1S/C11H17N3OS/c15-10-4-7-13-11(14-10)16-8-5-9-3-1-2-6-12-9/h4,7,9,12H,1-3,5-6,8H2,(H,13,14,15). The molecular weight excluding hydrogens is 222 g/mol. The molecule has 88 valence electrons. The summed E-state index contributed by atoms with van der Waals surface area (Å²) < 4.78 is 0. The van der Waals surface area contributed by atoms with Crippen molar-refractivity contribution in [2.75, 3.05) is 12.3 Å². The number of thioether (sulfide) groups is 1. The topological polar surface area (TPSA) is 57.8 Å². The van der Waals surface area contributed by atoms with E-state index in [0.29, 0.717) is 6.04 Å². The minimum atomic E-state index is -0.0757. The summed E-state index contributed by atoms with van der Waals surface area (Å²) in [5, 5.41) is 4.24. The summed E-state index contributed by atoms with van der Waals surface area (Å²) in [5.41, 5.74) is -0.0757. The Morgan fingerprint density at radius 1 is 1.50 bits per heavy atom. The van der Waals surface area contributed by atoms with Gasteiger partial charge in [0, 0.05) is 24.1 Å². The normalized spacial score (nSPS) is 20.9. The third-order valence-electron chi connectivity index (χ3n) is 2.77. The number of aromatic nitrogens is 2. The molecule has 0 aromatic carbocycles. The van der Waals surface area contributed by atoms with Gasteiger partial charge in [0.05, 0.1) is 0 Å². The smallest absolute Gasteiger partial charge is 0.251 e. The van der Waals surface area contributed by atoms with E-state index < -0.39 is 0 Å². The Balaban J connectivity index is 1.73. The van der Waals surface area contributed by atoms with Crippen LogP contribution in [-0.2, 0) is 0 Å². The molecule has 2 N–H and O–H groups in total. The van der Waals surface area contributed by atoms with Gasteiger partial charge in [-0.2, -0.15) is 0 Å². The molecule has 0 amide bonds. The maximum Gasteiger partial charge on any atom is 0.251 e. The lowest BCUT2D eigenvalue weighted by atomic mass is 10.0. The number of piperidine rings is 1. The minimum absolute atomic E-state index is 0.0757. The number of hydrogen-bond acceptors (Lipinski definition) is 4. The van der Waals surface area contributed by atoms with Gasteiger partial charge in [-0.15, -0.1) is 0 Å². The second kappa shape index (κ2) is 6.06. The van der Waals surface area contributed by atoms with Crippen molar-refractivity contribution in [3.63, 3.8) is 0 Å². The maximum atomic E-state index is 11.0. The molecule has 0 saturated carbocycles. The first-order chi connectivity index (χ1) is 7.84. The number of aromatic amines is 1. The lowest BCUT2D eigenvalue weighted by Gasteiger charge is -2.22. The Labute approximate surface area is 99.3 Å². The molecular formula is C11H17N3OS. The lowest BCUT2D eigenvalue weighted by Crippen LogP contribution is -2.34. The van der Waals surface area contributed by atoms with E-state index in [-0.39, 0.29) is 5.56 Å². The molecule has 1 atom stereocenters. The largest absolute Gasteiger partial charge is 0.314 e. The van der Waals surface area contributed by atoms with Crippen molar-refractivity contribution in [3.8, 4) is 0 Å². The zero-order valence-electron chi connectivity index (χ0n) is 9.24. The third-order valence-corrected chi connectivity index (χ3v) is 3.69. The second-order valence-electron chi connectivity index (χ2n) is 4.02. The second-order valence-corrected chi connectivity index (χ2v) is 5.11. The van der Waals surface area contributed by atoms with Gasteiger partial charge in [0.25, 0.3) is 5.56 Å². The molecule has 2 rings (SSSR count). The molecule has 4 nitrogen and oxygen atoms in total. The van der Waals surface area contributed by atoms with E-state index in [4.69, 9.17) is 0 Å². The average molecular weight is 239 g/mol. The van der Waals surface area contributed by atoms with Gasteiger partial charge in [-0.05, 0) is 25.8 Å². The summed E-state index contributed by atoms with van der Waals surface area (Å²) in [6.45, 7) is 1.15. The summed E-state index contributed by atoms with van der Waals surface area (Å²) in [4.78, 5) is 17.9. The fraction of sp³-hybridized carbons (Fsp3) is 0.636. The van der Waals surface area contributed by atoms with E-state index in [1.165, 1.54) is 25.3 Å². The van der Waals surface area contributed by atoms with Crippen LogP contribution in [0.2, 0.25) is 0 Å². The molecule has 1 saturated heterocycles. The van der Waals surface area contributed by atoms with Gasteiger partial charge in [-0.1, -0.05) is 18.2 Å². The Kier molecular flexibility index (Phi) is 4.42. The predicted octanol–water partition coefficient (Wildman–Crippen LogP) is 1.39. The molecule has 1 unspecified atom stereocenters. The molecule has 0 aliphatic carbocycles. The van der Waals surface area contributed by atoms with Crippen molar-refractivity contribution in [3.05, 3.63) is 22.6 Å². The fourth-order valence-electron chi connectivity index (χ4n) is 1.89. The monoisotopic (exact) mass is 239 g/mol. The summed E-state index contributed by atoms with van der Waals surface area (Å²) in [6.07, 6.45) is 6.61. The van der Waals surface area contributed by atoms with Crippen LogP contribution in [0.3, 0.4) is 0 Å². The van der Waals surface area contributed by atoms with Crippen LogP contribution >= 0.6 is 11.8 Å². The van der Waals surface area contributed by atoms with Crippen molar-refractivity contribution in [1.29, 1.82) is 0 Å². The van der Waals surface area contributed by atoms with Crippen LogP contribution < -0.4 is 10.9 Å². The maximum absolute atomic E-state index is 11.0. The van der Waals surface area contributed by atoms with Crippen molar-refractivity contribution in [2.45, 2.75) is 36.9 Å². The van der Waals surface area contributed by atoms with E-state index in [1.807, 2.05) is 0 Å². The highest BCUT2D eigenvalue weighted by Crippen LogP contribution is 2.16. The third kappa shape index (κ3) is 3.64. The van der Waals surface area contributed by atoms with Crippen LogP contribution in [0.5, 0.6) is 0 Å².